The molecule has 0 spiro atoms. The van der Waals surface area contributed by atoms with E-state index in [1.165, 1.54) is 6.26 Å². The highest BCUT2D eigenvalue weighted by Gasteiger charge is 2.20. The van der Waals surface area contributed by atoms with Crippen LogP contribution < -0.4 is 5.32 Å². The van der Waals surface area contributed by atoms with Crippen molar-refractivity contribution < 1.29 is 23.3 Å². The lowest BCUT2D eigenvalue weighted by molar-refractivity contribution is 0.0695. The molecule has 0 heterocycles. The summed E-state index contributed by atoms with van der Waals surface area (Å²) in [5.74, 6) is -2.70. The van der Waals surface area contributed by atoms with Gasteiger partial charge in [0.2, 0.25) is 0 Å². The van der Waals surface area contributed by atoms with Gasteiger partial charge in [0.05, 0.1) is 17.2 Å². The fourth-order valence-electron chi connectivity index (χ4n) is 2.21. The summed E-state index contributed by atoms with van der Waals surface area (Å²) in [6.07, 6.45) is 1.52. The van der Waals surface area contributed by atoms with E-state index in [0.717, 1.165) is 23.8 Å². The summed E-state index contributed by atoms with van der Waals surface area (Å²) in [4.78, 5) is 23.1. The summed E-state index contributed by atoms with van der Waals surface area (Å²) < 4.78 is 25.5. The molecule has 2 atom stereocenters. The average molecular weight is 349 g/mol. The lowest BCUT2D eigenvalue weighted by atomic mass is 10.1. The van der Waals surface area contributed by atoms with Gasteiger partial charge in [-0.2, -0.15) is 0 Å². The molecule has 24 heavy (non-hydrogen) atoms. The smallest absolute Gasteiger partial charge is 0.335 e. The van der Waals surface area contributed by atoms with Crippen LogP contribution in [0.4, 0.5) is 4.39 Å². The van der Waals surface area contributed by atoms with E-state index in [4.69, 9.17) is 5.11 Å². The van der Waals surface area contributed by atoms with Gasteiger partial charge in [0, 0.05) is 22.8 Å². The summed E-state index contributed by atoms with van der Waals surface area (Å²) in [6.45, 7) is 0. The topological polar surface area (TPSA) is 83.5 Å². The summed E-state index contributed by atoms with van der Waals surface area (Å²) in [5, 5.41) is 11.5. The molecule has 2 aromatic carbocycles. The maximum absolute atomic E-state index is 14.0. The molecule has 2 aromatic rings. The third-order valence-electron chi connectivity index (χ3n) is 3.37. The fourth-order valence-corrected chi connectivity index (χ4v) is 2.95. The number of hydrogen-bond donors (Lipinski definition) is 2. The van der Waals surface area contributed by atoms with E-state index in [1.54, 1.807) is 24.3 Å². The highest BCUT2D eigenvalue weighted by Crippen LogP contribution is 2.16. The fraction of sp³-hybridized carbons (Fsp3) is 0.176. The first-order valence-electron chi connectivity index (χ1n) is 7.07. The van der Waals surface area contributed by atoms with Crippen LogP contribution in [0.2, 0.25) is 0 Å². The zero-order valence-electron chi connectivity index (χ0n) is 12.9. The molecule has 7 heteroatoms. The minimum Gasteiger partial charge on any atom is -0.478 e. The molecule has 0 bridgehead atoms. The number of benzene rings is 2. The number of nitrogens with one attached hydrogen (secondary N) is 1. The lowest BCUT2D eigenvalue weighted by Crippen LogP contribution is -2.32. The largest absolute Gasteiger partial charge is 0.478 e. The molecule has 0 radical (unpaired) electrons. The highest BCUT2D eigenvalue weighted by atomic mass is 32.2. The third-order valence-corrected chi connectivity index (χ3v) is 4.17. The Morgan fingerprint density at radius 1 is 1.21 bits per heavy atom. The Bertz CT molecular complexity index is 779. The standard InChI is InChI=1S/C17H16FNO4S/c1-24(23)10-15(11-5-3-2-4-6-11)19-16(20)13-8-7-12(17(21)22)9-14(13)18/h2-9,15H,10H2,1H3,(H,19,20)(H,21,22). The number of amides is 1. The first-order valence-corrected chi connectivity index (χ1v) is 8.80. The van der Waals surface area contributed by atoms with Crippen LogP contribution in [0.3, 0.4) is 0 Å². The Kier molecular flexibility index (Phi) is 5.81. The van der Waals surface area contributed by atoms with Crippen molar-refractivity contribution in [3.05, 3.63) is 71.0 Å². The van der Waals surface area contributed by atoms with Gasteiger partial charge in [-0.3, -0.25) is 9.00 Å². The number of hydrogen-bond acceptors (Lipinski definition) is 3. The van der Waals surface area contributed by atoms with E-state index >= 15 is 0 Å². The number of carbonyl (C=O) groups is 2. The maximum atomic E-state index is 14.0. The summed E-state index contributed by atoms with van der Waals surface area (Å²) in [7, 11) is -1.17. The van der Waals surface area contributed by atoms with Crippen LogP contribution in [0.25, 0.3) is 0 Å². The van der Waals surface area contributed by atoms with Gasteiger partial charge in [-0.25, -0.2) is 9.18 Å². The Balaban J connectivity index is 2.24. The molecule has 2 N–H and O–H groups in total. The zero-order chi connectivity index (χ0) is 17.7. The number of rotatable bonds is 6. The van der Waals surface area contributed by atoms with Crippen LogP contribution in [0, 0.1) is 5.82 Å². The van der Waals surface area contributed by atoms with E-state index in [2.05, 4.69) is 5.32 Å². The van der Waals surface area contributed by atoms with E-state index in [-0.39, 0.29) is 16.9 Å². The van der Waals surface area contributed by atoms with Crippen molar-refractivity contribution in [2.45, 2.75) is 6.04 Å². The molecule has 0 aromatic heterocycles. The molecule has 0 aliphatic rings. The second-order valence-electron chi connectivity index (χ2n) is 5.18. The van der Waals surface area contributed by atoms with Crippen molar-refractivity contribution in [1.82, 2.24) is 5.32 Å². The predicted molar refractivity (Wildman–Crippen MR) is 88.9 cm³/mol. The van der Waals surface area contributed by atoms with E-state index in [0.29, 0.717) is 0 Å². The van der Waals surface area contributed by atoms with Crippen molar-refractivity contribution in [3.63, 3.8) is 0 Å². The van der Waals surface area contributed by atoms with Crippen molar-refractivity contribution >= 4 is 22.7 Å². The molecule has 0 saturated heterocycles. The van der Waals surface area contributed by atoms with Gasteiger partial charge in [-0.15, -0.1) is 0 Å². The van der Waals surface area contributed by atoms with Gasteiger partial charge in [-0.1, -0.05) is 30.3 Å². The molecular formula is C17H16FNO4S. The molecule has 0 aliphatic carbocycles. The van der Waals surface area contributed by atoms with Crippen molar-refractivity contribution in [3.8, 4) is 0 Å². The van der Waals surface area contributed by atoms with Crippen LogP contribution in [-0.4, -0.2) is 33.2 Å². The Morgan fingerprint density at radius 2 is 1.88 bits per heavy atom. The molecular weight excluding hydrogens is 333 g/mol. The molecule has 126 valence electrons. The molecule has 1 amide bonds. The van der Waals surface area contributed by atoms with Gasteiger partial charge in [-0.05, 0) is 23.8 Å². The lowest BCUT2D eigenvalue weighted by Gasteiger charge is -2.18. The first-order chi connectivity index (χ1) is 11.4. The van der Waals surface area contributed by atoms with E-state index in [9.17, 15) is 18.2 Å². The second-order valence-corrected chi connectivity index (χ2v) is 6.66. The SMILES string of the molecule is CS(=O)CC(NC(=O)c1ccc(C(=O)O)cc1F)c1ccccc1. The summed E-state index contributed by atoms with van der Waals surface area (Å²) in [5.41, 5.74) is 0.254. The van der Waals surface area contributed by atoms with Crippen LogP contribution in [0.1, 0.15) is 32.3 Å². The van der Waals surface area contributed by atoms with Crippen molar-refractivity contribution in [1.29, 1.82) is 0 Å². The van der Waals surface area contributed by atoms with E-state index in [1.807, 2.05) is 6.07 Å². The van der Waals surface area contributed by atoms with Gasteiger partial charge >= 0.3 is 5.97 Å². The summed E-state index contributed by atoms with van der Waals surface area (Å²) in [6, 6.07) is 11.5. The molecule has 0 saturated carbocycles. The summed E-state index contributed by atoms with van der Waals surface area (Å²) >= 11 is 0. The van der Waals surface area contributed by atoms with Crippen LogP contribution in [0.15, 0.2) is 48.5 Å². The van der Waals surface area contributed by atoms with Gasteiger partial charge in [0.15, 0.2) is 0 Å². The molecule has 2 rings (SSSR count). The number of carboxylic acid groups (broad SMARTS) is 1. The maximum Gasteiger partial charge on any atom is 0.335 e. The van der Waals surface area contributed by atoms with Crippen LogP contribution >= 0.6 is 0 Å². The molecule has 0 aliphatic heterocycles. The van der Waals surface area contributed by atoms with Crippen LogP contribution in [0.5, 0.6) is 0 Å². The van der Waals surface area contributed by atoms with Crippen LogP contribution in [-0.2, 0) is 10.8 Å². The van der Waals surface area contributed by atoms with Gasteiger partial charge in [0.1, 0.15) is 5.82 Å². The Hall–Kier alpha value is -2.54. The molecule has 0 fully saturated rings. The first kappa shape index (κ1) is 17.8. The van der Waals surface area contributed by atoms with Crippen molar-refractivity contribution in [2.75, 3.05) is 12.0 Å². The minimum atomic E-state index is -1.27. The Morgan fingerprint density at radius 3 is 2.42 bits per heavy atom. The van der Waals surface area contributed by atoms with Gasteiger partial charge in [0.25, 0.3) is 5.91 Å². The monoisotopic (exact) mass is 349 g/mol. The van der Waals surface area contributed by atoms with Crippen molar-refractivity contribution in [2.24, 2.45) is 0 Å². The zero-order valence-corrected chi connectivity index (χ0v) is 13.7. The molecule has 5 nitrogen and oxygen atoms in total. The molecule has 2 unspecified atom stereocenters. The average Bonchev–Trinajstić information content (AvgIpc) is 2.54. The highest BCUT2D eigenvalue weighted by molar-refractivity contribution is 7.84. The number of carboxylic acids is 1. The predicted octanol–water partition coefficient (Wildman–Crippen LogP) is 2.37. The third kappa shape index (κ3) is 4.48. The number of aromatic carboxylic acids is 1. The Labute approximate surface area is 141 Å². The van der Waals surface area contributed by atoms with E-state index < -0.39 is 34.5 Å². The second kappa shape index (κ2) is 7.83. The minimum absolute atomic E-state index is 0.185. The number of halogens is 1. The normalized spacial score (nSPS) is 13.1. The van der Waals surface area contributed by atoms with Gasteiger partial charge < -0.3 is 10.4 Å². The number of carbonyl (C=O) groups excluding carboxylic acids is 1. The quantitative estimate of drug-likeness (QED) is 0.839.